The minimum atomic E-state index is -0.0286. The Hall–Kier alpha value is -1.72. The average Bonchev–Trinajstić information content (AvgIpc) is 2.87. The fraction of sp³-hybridized carbons (Fsp3) is 0.412. The third kappa shape index (κ3) is 4.64. The van der Waals surface area contributed by atoms with Crippen LogP contribution in [0.3, 0.4) is 0 Å². The normalized spacial score (nSPS) is 12.1. The number of carbonyl (C=O) groups is 1. The standard InChI is InChI=1S/C17H23N3OS/c1-4-18-12(2)11-19-17(21)16-13(3)20-15(22-16)10-14-8-6-5-7-9-14/h5-9,12,18H,4,10-11H2,1-3H3,(H,19,21)/t12-/m1/s1. The Morgan fingerprint density at radius 2 is 2.05 bits per heavy atom. The lowest BCUT2D eigenvalue weighted by molar-refractivity contribution is 0.0953. The Morgan fingerprint density at radius 3 is 2.73 bits per heavy atom. The monoisotopic (exact) mass is 317 g/mol. The second-order valence-corrected chi connectivity index (χ2v) is 6.44. The number of benzene rings is 1. The van der Waals surface area contributed by atoms with Crippen LogP contribution < -0.4 is 10.6 Å². The van der Waals surface area contributed by atoms with E-state index in [0.717, 1.165) is 28.5 Å². The molecule has 4 nitrogen and oxygen atoms in total. The number of hydrogen-bond acceptors (Lipinski definition) is 4. The van der Waals surface area contributed by atoms with Crippen LogP contribution in [0.5, 0.6) is 0 Å². The first-order chi connectivity index (χ1) is 10.6. The Kier molecular flexibility index (Phi) is 6.10. The summed E-state index contributed by atoms with van der Waals surface area (Å²) in [6.07, 6.45) is 0.771. The van der Waals surface area contributed by atoms with Gasteiger partial charge in [-0.2, -0.15) is 0 Å². The van der Waals surface area contributed by atoms with E-state index in [1.807, 2.05) is 25.1 Å². The quantitative estimate of drug-likeness (QED) is 0.825. The summed E-state index contributed by atoms with van der Waals surface area (Å²) in [5.74, 6) is -0.0286. The van der Waals surface area contributed by atoms with Crippen LogP contribution in [0.4, 0.5) is 0 Å². The highest BCUT2D eigenvalue weighted by molar-refractivity contribution is 7.13. The number of nitrogens with zero attached hydrogens (tertiary/aromatic N) is 1. The molecule has 1 amide bonds. The number of aromatic nitrogens is 1. The van der Waals surface area contributed by atoms with Crippen molar-refractivity contribution in [2.24, 2.45) is 0 Å². The van der Waals surface area contributed by atoms with Crippen LogP contribution in [0.25, 0.3) is 0 Å². The lowest BCUT2D eigenvalue weighted by Gasteiger charge is -2.12. The molecule has 0 aliphatic heterocycles. The highest BCUT2D eigenvalue weighted by Crippen LogP contribution is 2.20. The van der Waals surface area contributed by atoms with Gasteiger partial charge in [-0.05, 0) is 26.0 Å². The van der Waals surface area contributed by atoms with Crippen LogP contribution in [0.15, 0.2) is 30.3 Å². The van der Waals surface area contributed by atoms with Gasteiger partial charge in [-0.1, -0.05) is 37.3 Å². The first-order valence-electron chi connectivity index (χ1n) is 7.62. The van der Waals surface area contributed by atoms with Crippen molar-refractivity contribution in [1.29, 1.82) is 0 Å². The molecule has 1 aromatic heterocycles. The second kappa shape index (κ2) is 8.06. The average molecular weight is 317 g/mol. The lowest BCUT2D eigenvalue weighted by atomic mass is 10.2. The predicted molar refractivity (Wildman–Crippen MR) is 91.6 cm³/mol. The number of rotatable bonds is 7. The maximum Gasteiger partial charge on any atom is 0.263 e. The van der Waals surface area contributed by atoms with Gasteiger partial charge in [0.15, 0.2) is 0 Å². The molecule has 2 aromatic rings. The molecule has 0 aliphatic rings. The number of aryl methyl sites for hydroxylation is 1. The van der Waals surface area contributed by atoms with Gasteiger partial charge in [-0.25, -0.2) is 4.98 Å². The van der Waals surface area contributed by atoms with Crippen LogP contribution in [0.2, 0.25) is 0 Å². The molecule has 5 heteroatoms. The summed E-state index contributed by atoms with van der Waals surface area (Å²) >= 11 is 1.48. The van der Waals surface area contributed by atoms with Gasteiger partial charge in [0, 0.05) is 19.0 Å². The molecule has 22 heavy (non-hydrogen) atoms. The first kappa shape index (κ1) is 16.6. The molecule has 0 unspecified atom stereocenters. The molecule has 0 radical (unpaired) electrons. The predicted octanol–water partition coefficient (Wildman–Crippen LogP) is 2.77. The Labute approximate surface area is 136 Å². The molecule has 2 rings (SSSR count). The number of amides is 1. The highest BCUT2D eigenvalue weighted by Gasteiger charge is 2.15. The summed E-state index contributed by atoms with van der Waals surface area (Å²) in [7, 11) is 0. The Bertz CT molecular complexity index is 610. The van der Waals surface area contributed by atoms with Gasteiger partial charge in [0.2, 0.25) is 0 Å². The number of likely N-dealkylation sites (N-methyl/N-ethyl adjacent to an activating group) is 1. The van der Waals surface area contributed by atoms with Crippen LogP contribution in [-0.4, -0.2) is 30.0 Å². The molecular weight excluding hydrogens is 294 g/mol. The zero-order chi connectivity index (χ0) is 15.9. The van der Waals surface area contributed by atoms with Crippen LogP contribution in [-0.2, 0) is 6.42 Å². The van der Waals surface area contributed by atoms with E-state index in [9.17, 15) is 4.79 Å². The molecule has 1 atom stereocenters. The van der Waals surface area contributed by atoms with Crippen LogP contribution in [0, 0.1) is 6.92 Å². The molecule has 0 fully saturated rings. The van der Waals surface area contributed by atoms with Gasteiger partial charge in [0.1, 0.15) is 4.88 Å². The van der Waals surface area contributed by atoms with E-state index < -0.39 is 0 Å². The molecule has 0 spiro atoms. The summed E-state index contributed by atoms with van der Waals surface area (Å²) < 4.78 is 0. The van der Waals surface area contributed by atoms with E-state index in [0.29, 0.717) is 6.54 Å². The van der Waals surface area contributed by atoms with Gasteiger partial charge >= 0.3 is 0 Å². The van der Waals surface area contributed by atoms with Crippen molar-refractivity contribution >= 4 is 17.2 Å². The van der Waals surface area contributed by atoms with Crippen LogP contribution >= 0.6 is 11.3 Å². The minimum Gasteiger partial charge on any atom is -0.350 e. The van der Waals surface area contributed by atoms with Gasteiger partial charge in [0.25, 0.3) is 5.91 Å². The van der Waals surface area contributed by atoms with Crippen molar-refractivity contribution in [3.8, 4) is 0 Å². The van der Waals surface area contributed by atoms with Crippen molar-refractivity contribution < 1.29 is 4.79 Å². The Balaban J connectivity index is 1.98. The summed E-state index contributed by atoms with van der Waals surface area (Å²) in [6.45, 7) is 7.54. The fourth-order valence-electron chi connectivity index (χ4n) is 2.26. The van der Waals surface area contributed by atoms with Crippen molar-refractivity contribution in [3.05, 3.63) is 51.5 Å². The van der Waals surface area contributed by atoms with E-state index in [-0.39, 0.29) is 11.9 Å². The Morgan fingerprint density at radius 1 is 1.32 bits per heavy atom. The molecule has 1 heterocycles. The van der Waals surface area contributed by atoms with E-state index in [2.05, 4.69) is 41.6 Å². The number of carbonyl (C=O) groups excluding carboxylic acids is 1. The molecule has 2 N–H and O–H groups in total. The molecule has 0 saturated heterocycles. The van der Waals surface area contributed by atoms with Crippen molar-refractivity contribution in [1.82, 2.24) is 15.6 Å². The van der Waals surface area contributed by atoms with Crippen LogP contribution in [0.1, 0.15) is 39.8 Å². The number of thiazole rings is 1. The maximum atomic E-state index is 12.3. The van der Waals surface area contributed by atoms with Gasteiger partial charge < -0.3 is 10.6 Å². The van der Waals surface area contributed by atoms with Gasteiger partial charge in [0.05, 0.1) is 10.7 Å². The van der Waals surface area contributed by atoms with E-state index in [4.69, 9.17) is 0 Å². The lowest BCUT2D eigenvalue weighted by Crippen LogP contribution is -2.38. The SMILES string of the molecule is CCN[C@H](C)CNC(=O)c1sc(Cc2ccccc2)nc1C. The molecule has 0 saturated carbocycles. The third-order valence-electron chi connectivity index (χ3n) is 3.37. The largest absolute Gasteiger partial charge is 0.350 e. The van der Waals surface area contributed by atoms with Crippen molar-refractivity contribution in [2.45, 2.75) is 33.2 Å². The van der Waals surface area contributed by atoms with E-state index >= 15 is 0 Å². The van der Waals surface area contributed by atoms with Crippen molar-refractivity contribution in [3.63, 3.8) is 0 Å². The van der Waals surface area contributed by atoms with E-state index in [1.165, 1.54) is 16.9 Å². The summed E-state index contributed by atoms with van der Waals surface area (Å²) in [6, 6.07) is 10.5. The number of hydrogen-bond donors (Lipinski definition) is 2. The molecule has 1 aromatic carbocycles. The topological polar surface area (TPSA) is 54.0 Å². The van der Waals surface area contributed by atoms with Crippen molar-refractivity contribution in [2.75, 3.05) is 13.1 Å². The van der Waals surface area contributed by atoms with E-state index in [1.54, 1.807) is 0 Å². The molecular formula is C17H23N3OS. The zero-order valence-corrected chi connectivity index (χ0v) is 14.2. The van der Waals surface area contributed by atoms with Gasteiger partial charge in [-0.15, -0.1) is 11.3 Å². The molecule has 0 aliphatic carbocycles. The zero-order valence-electron chi connectivity index (χ0n) is 13.3. The highest BCUT2D eigenvalue weighted by atomic mass is 32.1. The summed E-state index contributed by atoms with van der Waals surface area (Å²) in [5, 5.41) is 7.23. The fourth-order valence-corrected chi connectivity index (χ4v) is 3.27. The third-order valence-corrected chi connectivity index (χ3v) is 4.52. The smallest absolute Gasteiger partial charge is 0.263 e. The summed E-state index contributed by atoms with van der Waals surface area (Å²) in [4.78, 5) is 17.5. The van der Waals surface area contributed by atoms with Gasteiger partial charge in [-0.3, -0.25) is 4.79 Å². The molecule has 0 bridgehead atoms. The number of nitrogens with one attached hydrogen (secondary N) is 2. The molecule has 118 valence electrons. The maximum absolute atomic E-state index is 12.3. The second-order valence-electron chi connectivity index (χ2n) is 5.35. The first-order valence-corrected chi connectivity index (χ1v) is 8.43. The summed E-state index contributed by atoms with van der Waals surface area (Å²) in [5.41, 5.74) is 2.02. The minimum absolute atomic E-state index is 0.0286.